The number of anilines is 1. The summed E-state index contributed by atoms with van der Waals surface area (Å²) in [5.41, 5.74) is 0. The second kappa shape index (κ2) is 8.66. The van der Waals surface area contributed by atoms with Gasteiger partial charge in [0.05, 0.1) is 11.9 Å². The van der Waals surface area contributed by atoms with Gasteiger partial charge >= 0.3 is 5.97 Å². The predicted octanol–water partition coefficient (Wildman–Crippen LogP) is 3.27. The van der Waals surface area contributed by atoms with Crippen molar-refractivity contribution in [2.24, 2.45) is 0 Å². The average molecular weight is 365 g/mol. The Morgan fingerprint density at radius 2 is 2.00 bits per heavy atom. The molecule has 1 aromatic heterocycles. The predicted molar refractivity (Wildman–Crippen MR) is 93.9 cm³/mol. The van der Waals surface area contributed by atoms with Crippen LogP contribution in [0.15, 0.2) is 41.4 Å². The minimum atomic E-state index is -0.968. The highest BCUT2D eigenvalue weighted by molar-refractivity contribution is 8.00. The molecule has 0 unspecified atom stereocenters. The molecule has 2 rings (SSSR count). The number of ether oxygens (including phenoxy) is 1. The third-order valence-corrected chi connectivity index (χ3v) is 4.29. The second-order valence-corrected chi connectivity index (χ2v) is 6.61. The zero-order chi connectivity index (χ0) is 18.4. The summed E-state index contributed by atoms with van der Waals surface area (Å²) >= 11 is 1.03. The lowest BCUT2D eigenvalue weighted by molar-refractivity contribution is -0.150. The molecule has 134 valence electrons. The lowest BCUT2D eigenvalue weighted by Crippen LogP contribution is -2.31. The largest absolute Gasteiger partial charge is 0.452 e. The van der Waals surface area contributed by atoms with Crippen LogP contribution in [0.25, 0.3) is 0 Å². The molecule has 1 heterocycles. The Morgan fingerprint density at radius 3 is 2.68 bits per heavy atom. The van der Waals surface area contributed by atoms with E-state index in [0.717, 1.165) is 11.8 Å². The molecule has 0 aliphatic carbocycles. The van der Waals surface area contributed by atoms with E-state index in [4.69, 9.17) is 4.74 Å². The number of thioether (sulfide) groups is 1. The SMILES string of the molecule is CC(C)n1nccc1NC(=O)[C@@H](C)OC(=O)CSc1ccccc1F. The van der Waals surface area contributed by atoms with E-state index in [0.29, 0.717) is 10.7 Å². The molecule has 0 saturated carbocycles. The minimum absolute atomic E-state index is 0.0809. The van der Waals surface area contributed by atoms with Crippen LogP contribution in [0.2, 0.25) is 0 Å². The van der Waals surface area contributed by atoms with Crippen LogP contribution in [0.3, 0.4) is 0 Å². The Kier molecular flexibility index (Phi) is 6.58. The van der Waals surface area contributed by atoms with Crippen LogP contribution in [0.4, 0.5) is 10.2 Å². The first-order valence-electron chi connectivity index (χ1n) is 7.79. The molecule has 0 aliphatic heterocycles. The standard InChI is InChI=1S/C17H20FN3O3S/c1-11(2)21-15(8-9-19-21)20-17(23)12(3)24-16(22)10-25-14-7-5-4-6-13(14)18/h4-9,11-12H,10H2,1-3H3,(H,20,23)/t12-/m1/s1. The molecule has 1 amide bonds. The zero-order valence-corrected chi connectivity index (χ0v) is 15.0. The van der Waals surface area contributed by atoms with Gasteiger partial charge in [-0.05, 0) is 32.9 Å². The maximum atomic E-state index is 13.5. The van der Waals surface area contributed by atoms with Crippen LogP contribution in [0.5, 0.6) is 0 Å². The monoisotopic (exact) mass is 365 g/mol. The quantitative estimate of drug-likeness (QED) is 0.602. The van der Waals surface area contributed by atoms with Gasteiger partial charge in [-0.2, -0.15) is 5.10 Å². The first kappa shape index (κ1) is 19.0. The molecule has 1 aromatic carbocycles. The number of benzene rings is 1. The van der Waals surface area contributed by atoms with Crippen molar-refractivity contribution in [3.8, 4) is 0 Å². The van der Waals surface area contributed by atoms with Crippen LogP contribution in [-0.4, -0.2) is 33.5 Å². The van der Waals surface area contributed by atoms with Crippen molar-refractivity contribution in [1.29, 1.82) is 0 Å². The number of nitrogens with zero attached hydrogens (tertiary/aromatic N) is 2. The zero-order valence-electron chi connectivity index (χ0n) is 14.2. The topological polar surface area (TPSA) is 73.2 Å². The Morgan fingerprint density at radius 1 is 1.28 bits per heavy atom. The van der Waals surface area contributed by atoms with Crippen molar-refractivity contribution in [3.63, 3.8) is 0 Å². The van der Waals surface area contributed by atoms with E-state index >= 15 is 0 Å². The van der Waals surface area contributed by atoms with Gasteiger partial charge in [-0.15, -0.1) is 11.8 Å². The van der Waals surface area contributed by atoms with E-state index in [1.165, 1.54) is 13.0 Å². The van der Waals surface area contributed by atoms with Crippen molar-refractivity contribution in [1.82, 2.24) is 9.78 Å². The minimum Gasteiger partial charge on any atom is -0.452 e. The van der Waals surface area contributed by atoms with Crippen LogP contribution < -0.4 is 5.32 Å². The van der Waals surface area contributed by atoms with Gasteiger partial charge in [0.25, 0.3) is 5.91 Å². The van der Waals surface area contributed by atoms with E-state index in [1.807, 2.05) is 13.8 Å². The van der Waals surface area contributed by atoms with Crippen molar-refractivity contribution < 1.29 is 18.7 Å². The Labute approximate surface area is 149 Å². The molecule has 0 fully saturated rings. The van der Waals surface area contributed by atoms with Crippen molar-refractivity contribution in [3.05, 3.63) is 42.3 Å². The molecule has 0 bridgehead atoms. The number of carbonyl (C=O) groups excluding carboxylic acids is 2. The van der Waals surface area contributed by atoms with Crippen LogP contribution in [0.1, 0.15) is 26.8 Å². The molecule has 0 saturated heterocycles. The first-order valence-corrected chi connectivity index (χ1v) is 8.78. The highest BCUT2D eigenvalue weighted by Crippen LogP contribution is 2.21. The lowest BCUT2D eigenvalue weighted by Gasteiger charge is -2.15. The van der Waals surface area contributed by atoms with Crippen LogP contribution >= 0.6 is 11.8 Å². The normalized spacial score (nSPS) is 12.0. The maximum absolute atomic E-state index is 13.5. The van der Waals surface area contributed by atoms with Gasteiger partial charge in [-0.25, -0.2) is 9.07 Å². The molecule has 6 nitrogen and oxygen atoms in total. The summed E-state index contributed by atoms with van der Waals surface area (Å²) in [4.78, 5) is 24.4. The fourth-order valence-corrected chi connectivity index (χ4v) is 2.76. The molecule has 0 radical (unpaired) electrons. The Balaban J connectivity index is 1.85. The van der Waals surface area contributed by atoms with E-state index in [9.17, 15) is 14.0 Å². The summed E-state index contributed by atoms with van der Waals surface area (Å²) in [6.45, 7) is 5.36. The van der Waals surface area contributed by atoms with Gasteiger partial charge < -0.3 is 10.1 Å². The van der Waals surface area contributed by atoms with Gasteiger partial charge in [0.2, 0.25) is 0 Å². The molecular formula is C17H20FN3O3S. The third-order valence-electron chi connectivity index (χ3n) is 3.27. The molecule has 2 aromatic rings. The summed E-state index contributed by atoms with van der Waals surface area (Å²) < 4.78 is 20.3. The Bertz CT molecular complexity index is 748. The van der Waals surface area contributed by atoms with Gasteiger partial charge in [0.1, 0.15) is 11.6 Å². The number of aromatic nitrogens is 2. The van der Waals surface area contributed by atoms with E-state index in [-0.39, 0.29) is 11.8 Å². The first-order chi connectivity index (χ1) is 11.9. The number of amides is 1. The van der Waals surface area contributed by atoms with Gasteiger partial charge in [0, 0.05) is 17.0 Å². The Hall–Kier alpha value is -2.35. The van der Waals surface area contributed by atoms with Crippen molar-refractivity contribution >= 4 is 29.5 Å². The van der Waals surface area contributed by atoms with E-state index in [2.05, 4.69) is 10.4 Å². The molecule has 1 atom stereocenters. The highest BCUT2D eigenvalue weighted by Gasteiger charge is 2.20. The number of halogens is 1. The fourth-order valence-electron chi connectivity index (χ4n) is 2.04. The summed E-state index contributed by atoms with van der Waals surface area (Å²) in [6, 6.07) is 7.91. The third kappa shape index (κ3) is 5.32. The summed E-state index contributed by atoms with van der Waals surface area (Å²) in [7, 11) is 0. The summed E-state index contributed by atoms with van der Waals surface area (Å²) in [5.74, 6) is -0.987. The number of hydrogen-bond acceptors (Lipinski definition) is 5. The maximum Gasteiger partial charge on any atom is 0.317 e. The number of rotatable bonds is 7. The van der Waals surface area contributed by atoms with Gasteiger partial charge in [0.15, 0.2) is 6.10 Å². The van der Waals surface area contributed by atoms with Crippen molar-refractivity contribution in [2.75, 3.05) is 11.1 Å². The smallest absolute Gasteiger partial charge is 0.317 e. The van der Waals surface area contributed by atoms with Crippen molar-refractivity contribution in [2.45, 2.75) is 37.8 Å². The molecule has 0 aliphatic rings. The number of nitrogens with one attached hydrogen (secondary N) is 1. The number of carbonyl (C=O) groups is 2. The molecule has 0 spiro atoms. The number of hydrogen-bond donors (Lipinski definition) is 1. The van der Waals surface area contributed by atoms with E-state index < -0.39 is 23.8 Å². The molecular weight excluding hydrogens is 345 g/mol. The average Bonchev–Trinajstić information content (AvgIpc) is 3.02. The molecule has 1 N–H and O–H groups in total. The summed E-state index contributed by atoms with van der Waals surface area (Å²) in [5, 5.41) is 6.79. The van der Waals surface area contributed by atoms with Crippen LogP contribution in [-0.2, 0) is 14.3 Å². The summed E-state index contributed by atoms with van der Waals surface area (Å²) in [6.07, 6.45) is 0.612. The van der Waals surface area contributed by atoms with Gasteiger partial charge in [-0.1, -0.05) is 12.1 Å². The van der Waals surface area contributed by atoms with Crippen LogP contribution in [0, 0.1) is 5.82 Å². The molecule has 25 heavy (non-hydrogen) atoms. The fraction of sp³-hybridized carbons (Fsp3) is 0.353. The molecule has 8 heteroatoms. The number of esters is 1. The lowest BCUT2D eigenvalue weighted by atomic mass is 10.3. The van der Waals surface area contributed by atoms with E-state index in [1.54, 1.807) is 35.1 Å². The second-order valence-electron chi connectivity index (χ2n) is 5.60. The highest BCUT2D eigenvalue weighted by atomic mass is 32.2. The van der Waals surface area contributed by atoms with Gasteiger partial charge in [-0.3, -0.25) is 9.59 Å².